The highest BCUT2D eigenvalue weighted by Gasteiger charge is 2.33. The molecule has 2 rings (SSSR count). The summed E-state index contributed by atoms with van der Waals surface area (Å²) in [5.74, 6) is 0. The number of benzene rings is 1. The van der Waals surface area contributed by atoms with E-state index in [1.165, 1.54) is 5.56 Å². The average Bonchev–Trinajstić information content (AvgIpc) is 2.42. The van der Waals surface area contributed by atoms with E-state index in [1.54, 1.807) is 0 Å². The first kappa shape index (κ1) is 15.8. The molecule has 1 N–H and O–H groups in total. The molecule has 0 spiro atoms. The van der Waals surface area contributed by atoms with Crippen LogP contribution in [-0.2, 0) is 11.3 Å². The maximum atomic E-state index is 6.25. The van der Waals surface area contributed by atoms with Crippen molar-refractivity contribution >= 4 is 11.6 Å². The molecule has 1 fully saturated rings. The maximum Gasteiger partial charge on any atom is 0.0472 e. The van der Waals surface area contributed by atoms with Crippen molar-refractivity contribution in [2.24, 2.45) is 5.41 Å². The lowest BCUT2D eigenvalue weighted by Crippen LogP contribution is -2.45. The summed E-state index contributed by atoms with van der Waals surface area (Å²) in [6, 6.07) is 8.09. The summed E-state index contributed by atoms with van der Waals surface area (Å²) in [5.41, 5.74) is 1.52. The van der Waals surface area contributed by atoms with Crippen LogP contribution in [0.3, 0.4) is 0 Å². The number of hydrogen-bond donors (Lipinski definition) is 1. The van der Waals surface area contributed by atoms with Crippen molar-refractivity contribution in [2.75, 3.05) is 40.4 Å². The number of halogens is 1. The molecule has 1 saturated heterocycles. The second-order valence-corrected chi connectivity index (χ2v) is 6.31. The van der Waals surface area contributed by atoms with Crippen LogP contribution < -0.4 is 5.32 Å². The highest BCUT2D eigenvalue weighted by molar-refractivity contribution is 6.31. The minimum Gasteiger partial charge on any atom is -0.381 e. The summed E-state index contributed by atoms with van der Waals surface area (Å²) in [4.78, 5) is 2.38. The molecule has 0 amide bonds. The zero-order valence-electron chi connectivity index (χ0n) is 12.5. The van der Waals surface area contributed by atoms with E-state index in [9.17, 15) is 0 Å². The molecule has 4 heteroatoms. The van der Waals surface area contributed by atoms with E-state index in [0.29, 0.717) is 5.41 Å². The van der Waals surface area contributed by atoms with Gasteiger partial charge >= 0.3 is 0 Å². The molecule has 1 heterocycles. The van der Waals surface area contributed by atoms with E-state index < -0.39 is 0 Å². The Bertz CT molecular complexity index is 413. The van der Waals surface area contributed by atoms with E-state index in [-0.39, 0.29) is 0 Å². The molecule has 0 aliphatic carbocycles. The molecular formula is C16H25ClN2O. The van der Waals surface area contributed by atoms with Gasteiger partial charge in [-0.3, -0.25) is 0 Å². The van der Waals surface area contributed by atoms with Crippen LogP contribution in [0, 0.1) is 5.41 Å². The first-order valence-corrected chi connectivity index (χ1v) is 7.67. The van der Waals surface area contributed by atoms with Gasteiger partial charge in [0.25, 0.3) is 0 Å². The molecular weight excluding hydrogens is 272 g/mol. The first-order chi connectivity index (χ1) is 9.65. The predicted octanol–water partition coefficient (Wildman–Crippen LogP) is 2.79. The van der Waals surface area contributed by atoms with Crippen molar-refractivity contribution in [3.63, 3.8) is 0 Å². The third-order valence-electron chi connectivity index (χ3n) is 4.11. The van der Waals surface area contributed by atoms with Gasteiger partial charge in [0.1, 0.15) is 0 Å². The topological polar surface area (TPSA) is 24.5 Å². The van der Waals surface area contributed by atoms with Crippen molar-refractivity contribution < 1.29 is 4.74 Å². The zero-order chi connectivity index (χ0) is 14.4. The number of ether oxygens (including phenoxy) is 1. The summed E-state index contributed by atoms with van der Waals surface area (Å²) in [7, 11) is 4.21. The third-order valence-corrected chi connectivity index (χ3v) is 4.48. The molecule has 0 bridgehead atoms. The molecule has 1 aromatic carbocycles. The van der Waals surface area contributed by atoms with Crippen molar-refractivity contribution in [2.45, 2.75) is 19.4 Å². The van der Waals surface area contributed by atoms with E-state index in [4.69, 9.17) is 16.3 Å². The van der Waals surface area contributed by atoms with Crippen LogP contribution in [-0.4, -0.2) is 45.3 Å². The Morgan fingerprint density at radius 3 is 2.65 bits per heavy atom. The Balaban J connectivity index is 1.98. The van der Waals surface area contributed by atoms with Gasteiger partial charge in [0.05, 0.1) is 0 Å². The van der Waals surface area contributed by atoms with Crippen LogP contribution in [0.5, 0.6) is 0 Å². The number of hydrogen-bond acceptors (Lipinski definition) is 3. The maximum absolute atomic E-state index is 6.25. The van der Waals surface area contributed by atoms with E-state index >= 15 is 0 Å². The lowest BCUT2D eigenvalue weighted by atomic mass is 9.79. The predicted molar refractivity (Wildman–Crippen MR) is 84.2 cm³/mol. The van der Waals surface area contributed by atoms with Crippen molar-refractivity contribution in [1.29, 1.82) is 0 Å². The van der Waals surface area contributed by atoms with Gasteiger partial charge in [-0.05, 0) is 44.0 Å². The molecule has 1 aliphatic rings. The van der Waals surface area contributed by atoms with E-state index in [2.05, 4.69) is 23.3 Å². The molecule has 3 nitrogen and oxygen atoms in total. The van der Waals surface area contributed by atoms with Crippen LogP contribution in [0.4, 0.5) is 0 Å². The van der Waals surface area contributed by atoms with Crippen LogP contribution in [0.2, 0.25) is 5.02 Å². The third kappa shape index (κ3) is 4.19. The molecule has 1 aliphatic heterocycles. The summed E-state index contributed by atoms with van der Waals surface area (Å²) in [5, 5.41) is 4.21. The molecule has 20 heavy (non-hydrogen) atoms. The van der Waals surface area contributed by atoms with Gasteiger partial charge in [0.2, 0.25) is 0 Å². The standard InChI is InChI=1S/C16H25ClN2O/c1-18-12-16(7-9-20-10-8-16)13-19(2)11-14-5-3-4-6-15(14)17/h3-6,18H,7-13H2,1-2H3. The van der Waals surface area contributed by atoms with Gasteiger partial charge in [-0.2, -0.15) is 0 Å². The number of nitrogens with zero attached hydrogens (tertiary/aromatic N) is 1. The molecule has 0 radical (unpaired) electrons. The number of rotatable bonds is 6. The average molecular weight is 297 g/mol. The Labute approximate surface area is 127 Å². The van der Waals surface area contributed by atoms with Gasteiger partial charge in [-0.1, -0.05) is 29.8 Å². The van der Waals surface area contributed by atoms with Gasteiger partial charge in [-0.25, -0.2) is 0 Å². The Hall–Kier alpha value is -0.610. The largest absolute Gasteiger partial charge is 0.381 e. The fraction of sp³-hybridized carbons (Fsp3) is 0.625. The van der Waals surface area contributed by atoms with Gasteiger partial charge in [0.15, 0.2) is 0 Å². The van der Waals surface area contributed by atoms with Gasteiger partial charge in [-0.15, -0.1) is 0 Å². The summed E-state index contributed by atoms with van der Waals surface area (Å²) in [6.07, 6.45) is 2.25. The minimum atomic E-state index is 0.322. The smallest absolute Gasteiger partial charge is 0.0472 e. The van der Waals surface area contributed by atoms with Crippen LogP contribution in [0.1, 0.15) is 18.4 Å². The van der Waals surface area contributed by atoms with Gasteiger partial charge in [0, 0.05) is 37.9 Å². The van der Waals surface area contributed by atoms with Gasteiger partial charge < -0.3 is 15.0 Å². The molecule has 112 valence electrons. The van der Waals surface area contributed by atoms with Crippen molar-refractivity contribution in [3.8, 4) is 0 Å². The molecule has 1 aromatic rings. The van der Waals surface area contributed by atoms with Crippen molar-refractivity contribution in [1.82, 2.24) is 10.2 Å². The monoisotopic (exact) mass is 296 g/mol. The SMILES string of the molecule is CNCC1(CN(C)Cc2ccccc2Cl)CCOCC1. The summed E-state index contributed by atoms with van der Waals surface area (Å²) in [6.45, 7) is 4.76. The summed E-state index contributed by atoms with van der Waals surface area (Å²) < 4.78 is 5.52. The molecule has 0 saturated carbocycles. The molecule has 0 atom stereocenters. The highest BCUT2D eigenvalue weighted by atomic mass is 35.5. The molecule has 0 aromatic heterocycles. The highest BCUT2D eigenvalue weighted by Crippen LogP contribution is 2.31. The van der Waals surface area contributed by atoms with Crippen LogP contribution in [0.25, 0.3) is 0 Å². The Kier molecular flexibility index (Phi) is 5.85. The fourth-order valence-corrected chi connectivity index (χ4v) is 3.31. The Morgan fingerprint density at radius 2 is 2.00 bits per heavy atom. The lowest BCUT2D eigenvalue weighted by molar-refractivity contribution is -0.000732. The Morgan fingerprint density at radius 1 is 1.30 bits per heavy atom. The zero-order valence-corrected chi connectivity index (χ0v) is 13.2. The fourth-order valence-electron chi connectivity index (χ4n) is 3.12. The molecule has 0 unspecified atom stereocenters. The quantitative estimate of drug-likeness (QED) is 0.874. The van der Waals surface area contributed by atoms with E-state index in [1.807, 2.05) is 25.2 Å². The lowest BCUT2D eigenvalue weighted by Gasteiger charge is -2.40. The number of nitrogens with one attached hydrogen (secondary N) is 1. The summed E-state index contributed by atoms with van der Waals surface area (Å²) >= 11 is 6.25. The van der Waals surface area contributed by atoms with E-state index in [0.717, 1.165) is 50.7 Å². The van der Waals surface area contributed by atoms with Crippen molar-refractivity contribution in [3.05, 3.63) is 34.9 Å². The first-order valence-electron chi connectivity index (χ1n) is 7.29. The normalized spacial score (nSPS) is 18.4. The second kappa shape index (κ2) is 7.41. The van der Waals surface area contributed by atoms with Crippen LogP contribution >= 0.6 is 11.6 Å². The van der Waals surface area contributed by atoms with Crippen LogP contribution in [0.15, 0.2) is 24.3 Å². The second-order valence-electron chi connectivity index (χ2n) is 5.91. The minimum absolute atomic E-state index is 0.322.